The van der Waals surface area contributed by atoms with Crippen molar-refractivity contribution in [2.75, 3.05) is 6.61 Å². The highest BCUT2D eigenvalue weighted by molar-refractivity contribution is 7.15. The fourth-order valence-corrected chi connectivity index (χ4v) is 4.36. The molecule has 0 radical (unpaired) electrons. The first kappa shape index (κ1) is 21.5. The lowest BCUT2D eigenvalue weighted by atomic mass is 10.2. The van der Waals surface area contributed by atoms with Crippen LogP contribution in [0.4, 0.5) is 0 Å². The molecule has 5 aromatic rings. The Morgan fingerprint density at radius 1 is 1.06 bits per heavy atom. The Kier molecular flexibility index (Phi) is 5.76. The lowest BCUT2D eigenvalue weighted by Crippen LogP contribution is -2.23. The van der Waals surface area contributed by atoms with Gasteiger partial charge in [0.15, 0.2) is 5.82 Å². The summed E-state index contributed by atoms with van der Waals surface area (Å²) >= 11 is 13.3. The van der Waals surface area contributed by atoms with Crippen LogP contribution in [0.3, 0.4) is 0 Å². The average molecular weight is 496 g/mol. The molecular formula is C24H15Cl2N3O3S. The standard InChI is InChI=1S/C24H15Cl2N3O3S/c1-2-11-31-16-6-3-14(4-7-16)22-27-24-29(28-22)23(30)21(33-24)13-17-8-10-20(32-17)15-5-9-18(25)19(26)12-15/h2-10,12-13H,1,11H2/b21-13+. The van der Waals surface area contributed by atoms with E-state index in [1.165, 1.54) is 15.9 Å². The van der Waals surface area contributed by atoms with E-state index in [-0.39, 0.29) is 5.56 Å². The number of ether oxygens (including phenoxy) is 1. The summed E-state index contributed by atoms with van der Waals surface area (Å²) in [6.45, 7) is 4.06. The number of benzene rings is 2. The first-order valence-corrected chi connectivity index (χ1v) is 11.4. The number of aromatic nitrogens is 3. The summed E-state index contributed by atoms with van der Waals surface area (Å²) in [5, 5.41) is 5.29. The van der Waals surface area contributed by atoms with Crippen molar-refractivity contribution in [1.82, 2.24) is 14.6 Å². The van der Waals surface area contributed by atoms with Gasteiger partial charge in [-0.05, 0) is 54.6 Å². The van der Waals surface area contributed by atoms with E-state index in [9.17, 15) is 4.79 Å². The van der Waals surface area contributed by atoms with Crippen molar-refractivity contribution in [2.45, 2.75) is 0 Å². The Bertz CT molecular complexity index is 1590. The van der Waals surface area contributed by atoms with Crippen molar-refractivity contribution < 1.29 is 9.15 Å². The molecule has 164 valence electrons. The van der Waals surface area contributed by atoms with Crippen LogP contribution in [-0.2, 0) is 0 Å². The SMILES string of the molecule is C=CCOc1ccc(-c2nc3s/c(=C/c4ccc(-c5ccc(Cl)c(Cl)c5)o4)c(=O)n3n2)cc1. The number of halogens is 2. The van der Waals surface area contributed by atoms with Gasteiger partial charge in [-0.3, -0.25) is 4.79 Å². The van der Waals surface area contributed by atoms with Crippen molar-refractivity contribution in [1.29, 1.82) is 0 Å². The van der Waals surface area contributed by atoms with Gasteiger partial charge in [0.1, 0.15) is 28.4 Å². The zero-order valence-electron chi connectivity index (χ0n) is 17.0. The van der Waals surface area contributed by atoms with Crippen molar-refractivity contribution in [2.24, 2.45) is 0 Å². The Balaban J connectivity index is 1.43. The van der Waals surface area contributed by atoms with Crippen molar-refractivity contribution in [3.63, 3.8) is 0 Å². The Morgan fingerprint density at radius 2 is 1.85 bits per heavy atom. The molecule has 9 heteroatoms. The first-order chi connectivity index (χ1) is 16.0. The fraction of sp³-hybridized carbons (Fsp3) is 0.0417. The van der Waals surface area contributed by atoms with Crippen LogP contribution in [0.5, 0.6) is 5.75 Å². The third-order valence-electron chi connectivity index (χ3n) is 4.77. The van der Waals surface area contributed by atoms with Gasteiger partial charge in [0.05, 0.1) is 10.0 Å². The van der Waals surface area contributed by atoms with Gasteiger partial charge < -0.3 is 9.15 Å². The predicted molar refractivity (Wildman–Crippen MR) is 131 cm³/mol. The maximum absolute atomic E-state index is 12.8. The molecule has 33 heavy (non-hydrogen) atoms. The zero-order chi connectivity index (χ0) is 22.9. The van der Waals surface area contributed by atoms with Crippen LogP contribution in [0.25, 0.3) is 33.7 Å². The number of hydrogen-bond acceptors (Lipinski definition) is 6. The van der Waals surface area contributed by atoms with Gasteiger partial charge in [0.2, 0.25) is 4.96 Å². The summed E-state index contributed by atoms with van der Waals surface area (Å²) in [6, 6.07) is 16.2. The topological polar surface area (TPSA) is 69.6 Å². The summed E-state index contributed by atoms with van der Waals surface area (Å²) < 4.78 is 13.1. The highest BCUT2D eigenvalue weighted by atomic mass is 35.5. The molecule has 6 nitrogen and oxygen atoms in total. The molecule has 0 spiro atoms. The molecule has 0 saturated heterocycles. The number of rotatable bonds is 6. The van der Waals surface area contributed by atoms with E-state index in [0.29, 0.717) is 43.5 Å². The molecule has 3 heterocycles. The predicted octanol–water partition coefficient (Wildman–Crippen LogP) is 5.50. The number of hydrogen-bond donors (Lipinski definition) is 0. The molecule has 0 atom stereocenters. The molecule has 2 aromatic carbocycles. The Hall–Kier alpha value is -3.39. The van der Waals surface area contributed by atoms with E-state index < -0.39 is 0 Å². The second kappa shape index (κ2) is 8.86. The molecule has 0 unspecified atom stereocenters. The van der Waals surface area contributed by atoms with E-state index in [4.69, 9.17) is 32.4 Å². The van der Waals surface area contributed by atoms with Gasteiger partial charge in [0, 0.05) is 17.2 Å². The van der Waals surface area contributed by atoms with Crippen molar-refractivity contribution >= 4 is 45.6 Å². The highest BCUT2D eigenvalue weighted by Gasteiger charge is 2.13. The van der Waals surface area contributed by atoms with Crippen LogP contribution in [0.15, 0.2) is 76.5 Å². The molecule has 0 fully saturated rings. The van der Waals surface area contributed by atoms with Gasteiger partial charge in [-0.25, -0.2) is 0 Å². The minimum absolute atomic E-state index is 0.257. The van der Waals surface area contributed by atoms with Gasteiger partial charge in [-0.2, -0.15) is 9.50 Å². The summed E-state index contributed by atoms with van der Waals surface area (Å²) in [4.78, 5) is 17.9. The van der Waals surface area contributed by atoms with Gasteiger partial charge in [0.25, 0.3) is 5.56 Å². The van der Waals surface area contributed by atoms with Gasteiger partial charge in [-0.15, -0.1) is 5.10 Å². The first-order valence-electron chi connectivity index (χ1n) is 9.82. The van der Waals surface area contributed by atoms with E-state index in [1.54, 1.807) is 30.4 Å². The maximum Gasteiger partial charge on any atom is 0.291 e. The Morgan fingerprint density at radius 3 is 2.58 bits per heavy atom. The smallest absolute Gasteiger partial charge is 0.291 e. The molecule has 0 saturated carbocycles. The van der Waals surface area contributed by atoms with Crippen LogP contribution >= 0.6 is 34.5 Å². The van der Waals surface area contributed by atoms with Crippen LogP contribution in [0.1, 0.15) is 5.76 Å². The second-order valence-electron chi connectivity index (χ2n) is 7.00. The van der Waals surface area contributed by atoms with Gasteiger partial charge >= 0.3 is 0 Å². The molecule has 0 amide bonds. The Labute approximate surface area is 202 Å². The minimum atomic E-state index is -0.257. The van der Waals surface area contributed by atoms with E-state index in [1.807, 2.05) is 36.4 Å². The normalized spacial score (nSPS) is 11.9. The maximum atomic E-state index is 12.8. The van der Waals surface area contributed by atoms with Crippen LogP contribution in [-0.4, -0.2) is 21.2 Å². The van der Waals surface area contributed by atoms with Gasteiger partial charge in [-0.1, -0.05) is 47.2 Å². The summed E-state index contributed by atoms with van der Waals surface area (Å²) in [5.74, 6) is 2.35. The van der Waals surface area contributed by atoms with Crippen molar-refractivity contribution in [3.05, 3.63) is 97.9 Å². The molecular weight excluding hydrogens is 481 g/mol. The lowest BCUT2D eigenvalue weighted by Gasteiger charge is -2.02. The number of nitrogens with zero attached hydrogens (tertiary/aromatic N) is 3. The van der Waals surface area contributed by atoms with E-state index >= 15 is 0 Å². The average Bonchev–Trinajstić information content (AvgIpc) is 3.52. The van der Waals surface area contributed by atoms with Crippen LogP contribution in [0, 0.1) is 0 Å². The lowest BCUT2D eigenvalue weighted by molar-refractivity contribution is 0.363. The van der Waals surface area contributed by atoms with Crippen molar-refractivity contribution in [3.8, 4) is 28.5 Å². The third kappa shape index (κ3) is 4.30. The molecule has 0 N–H and O–H groups in total. The number of fused-ring (bicyclic) bond motifs is 1. The zero-order valence-corrected chi connectivity index (χ0v) is 19.3. The molecule has 0 aliphatic heterocycles. The number of furan rings is 1. The quantitative estimate of drug-likeness (QED) is 0.291. The molecule has 5 rings (SSSR count). The monoisotopic (exact) mass is 495 g/mol. The molecule has 0 aliphatic carbocycles. The second-order valence-corrected chi connectivity index (χ2v) is 8.82. The van der Waals surface area contributed by atoms with E-state index in [0.717, 1.165) is 16.9 Å². The fourth-order valence-electron chi connectivity index (χ4n) is 3.18. The third-order valence-corrected chi connectivity index (χ3v) is 6.46. The van der Waals surface area contributed by atoms with Crippen LogP contribution < -0.4 is 14.8 Å². The largest absolute Gasteiger partial charge is 0.490 e. The summed E-state index contributed by atoms with van der Waals surface area (Å²) in [7, 11) is 0. The highest BCUT2D eigenvalue weighted by Crippen LogP contribution is 2.29. The number of thiazole rings is 1. The van der Waals surface area contributed by atoms with E-state index in [2.05, 4.69) is 16.7 Å². The minimum Gasteiger partial charge on any atom is -0.490 e. The molecule has 3 aromatic heterocycles. The summed E-state index contributed by atoms with van der Waals surface area (Å²) in [6.07, 6.45) is 3.36. The molecule has 0 bridgehead atoms. The van der Waals surface area contributed by atoms with Crippen LogP contribution in [0.2, 0.25) is 10.0 Å². The molecule has 0 aliphatic rings. The summed E-state index contributed by atoms with van der Waals surface area (Å²) in [5.41, 5.74) is 1.32.